The van der Waals surface area contributed by atoms with E-state index in [9.17, 15) is 0 Å². The molecule has 0 saturated heterocycles. The van der Waals surface area contributed by atoms with Crippen LogP contribution < -0.4 is 4.74 Å². The normalized spacial score (nSPS) is 10.5. The van der Waals surface area contributed by atoms with E-state index in [1.807, 2.05) is 6.07 Å². The summed E-state index contributed by atoms with van der Waals surface area (Å²) in [5.41, 5.74) is 5.75. The van der Waals surface area contributed by atoms with Crippen LogP contribution in [0.25, 0.3) is 21.9 Å². The van der Waals surface area contributed by atoms with E-state index in [0.29, 0.717) is 0 Å². The van der Waals surface area contributed by atoms with Crippen LogP contribution in [0, 0.1) is 18.8 Å². The standard InChI is InChI=1S/C29H26O/c1-3-4-19-30-29-18-17-27-20-24(11-16-28(27)21-29)8-7-23-9-14-26(15-10-23)25-12-5-22(2)6-13-25/h5-6,9-18,20-21H,3-4,19H2,1-2H3. The Labute approximate surface area is 179 Å². The van der Waals surface area contributed by atoms with Crippen molar-refractivity contribution in [2.45, 2.75) is 26.7 Å². The minimum absolute atomic E-state index is 0.772. The molecule has 0 amide bonds. The van der Waals surface area contributed by atoms with E-state index in [4.69, 9.17) is 4.74 Å². The van der Waals surface area contributed by atoms with Gasteiger partial charge in [-0.2, -0.15) is 0 Å². The Bertz CT molecular complexity index is 1190. The number of hydrogen-bond donors (Lipinski definition) is 0. The summed E-state index contributed by atoms with van der Waals surface area (Å²) in [5, 5.41) is 2.36. The Morgan fingerprint density at radius 3 is 2.00 bits per heavy atom. The second-order valence-electron chi connectivity index (χ2n) is 7.62. The highest BCUT2D eigenvalue weighted by atomic mass is 16.5. The van der Waals surface area contributed by atoms with Crippen LogP contribution in [-0.2, 0) is 0 Å². The molecule has 0 fully saturated rings. The Morgan fingerprint density at radius 2 is 1.27 bits per heavy atom. The van der Waals surface area contributed by atoms with Gasteiger partial charge in [0.1, 0.15) is 5.75 Å². The van der Waals surface area contributed by atoms with Gasteiger partial charge in [-0.25, -0.2) is 0 Å². The van der Waals surface area contributed by atoms with Crippen molar-refractivity contribution in [1.82, 2.24) is 0 Å². The second-order valence-corrected chi connectivity index (χ2v) is 7.62. The third kappa shape index (κ3) is 4.91. The van der Waals surface area contributed by atoms with Gasteiger partial charge in [-0.15, -0.1) is 0 Å². The molecule has 30 heavy (non-hydrogen) atoms. The number of aryl methyl sites for hydroxylation is 1. The van der Waals surface area contributed by atoms with Gasteiger partial charge in [0.15, 0.2) is 0 Å². The van der Waals surface area contributed by atoms with Crippen LogP contribution in [0.3, 0.4) is 0 Å². The quantitative estimate of drug-likeness (QED) is 0.255. The SMILES string of the molecule is CCCCOc1ccc2cc(C#Cc3ccc(-c4ccc(C)cc4)cc3)ccc2c1. The summed E-state index contributed by atoms with van der Waals surface area (Å²) >= 11 is 0. The highest BCUT2D eigenvalue weighted by Crippen LogP contribution is 2.23. The van der Waals surface area contributed by atoms with Crippen LogP contribution in [0.1, 0.15) is 36.5 Å². The smallest absolute Gasteiger partial charge is 0.119 e. The molecule has 0 unspecified atom stereocenters. The van der Waals surface area contributed by atoms with Crippen molar-refractivity contribution in [3.63, 3.8) is 0 Å². The number of rotatable bonds is 5. The monoisotopic (exact) mass is 390 g/mol. The molecular weight excluding hydrogens is 364 g/mol. The van der Waals surface area contributed by atoms with E-state index in [1.54, 1.807) is 0 Å². The molecule has 0 bridgehead atoms. The molecule has 1 heteroatoms. The van der Waals surface area contributed by atoms with Crippen molar-refractivity contribution in [2.24, 2.45) is 0 Å². The van der Waals surface area contributed by atoms with Gasteiger partial charge in [0, 0.05) is 11.1 Å². The van der Waals surface area contributed by atoms with Gasteiger partial charge in [0.2, 0.25) is 0 Å². The summed E-state index contributed by atoms with van der Waals surface area (Å²) in [6, 6.07) is 29.6. The fraction of sp³-hybridized carbons (Fsp3) is 0.172. The Morgan fingerprint density at radius 1 is 0.667 bits per heavy atom. The molecule has 0 heterocycles. The molecular formula is C29H26O. The zero-order valence-electron chi connectivity index (χ0n) is 17.6. The molecule has 4 aromatic carbocycles. The lowest BCUT2D eigenvalue weighted by atomic mass is 10.0. The molecule has 0 N–H and O–H groups in total. The fourth-order valence-electron chi connectivity index (χ4n) is 3.36. The van der Waals surface area contributed by atoms with Gasteiger partial charge >= 0.3 is 0 Å². The Balaban J connectivity index is 1.49. The van der Waals surface area contributed by atoms with Crippen molar-refractivity contribution in [2.75, 3.05) is 6.61 Å². The zero-order chi connectivity index (χ0) is 20.8. The second kappa shape index (κ2) is 9.33. The van der Waals surface area contributed by atoms with E-state index in [1.165, 1.54) is 27.5 Å². The van der Waals surface area contributed by atoms with E-state index in [0.717, 1.165) is 36.3 Å². The number of benzene rings is 4. The lowest BCUT2D eigenvalue weighted by molar-refractivity contribution is 0.310. The van der Waals surface area contributed by atoms with Gasteiger partial charge in [0.25, 0.3) is 0 Å². The largest absolute Gasteiger partial charge is 0.494 e. The lowest BCUT2D eigenvalue weighted by Gasteiger charge is -2.06. The minimum atomic E-state index is 0.772. The van der Waals surface area contributed by atoms with Crippen LogP contribution in [0.15, 0.2) is 84.9 Å². The van der Waals surface area contributed by atoms with Crippen LogP contribution in [0.4, 0.5) is 0 Å². The zero-order valence-corrected chi connectivity index (χ0v) is 17.6. The molecule has 4 rings (SSSR count). The molecule has 0 aromatic heterocycles. The summed E-state index contributed by atoms with van der Waals surface area (Å²) in [7, 11) is 0. The van der Waals surface area contributed by atoms with E-state index < -0.39 is 0 Å². The summed E-state index contributed by atoms with van der Waals surface area (Å²) in [4.78, 5) is 0. The van der Waals surface area contributed by atoms with Crippen molar-refractivity contribution in [3.8, 4) is 28.7 Å². The molecule has 0 aliphatic heterocycles. The molecule has 0 aliphatic rings. The first-order chi connectivity index (χ1) is 14.7. The number of unbranched alkanes of at least 4 members (excludes halogenated alkanes) is 1. The topological polar surface area (TPSA) is 9.23 Å². The first-order valence-electron chi connectivity index (χ1n) is 10.6. The molecule has 0 spiro atoms. The molecule has 0 radical (unpaired) electrons. The molecule has 148 valence electrons. The van der Waals surface area contributed by atoms with E-state index in [-0.39, 0.29) is 0 Å². The maximum Gasteiger partial charge on any atom is 0.119 e. The minimum Gasteiger partial charge on any atom is -0.494 e. The summed E-state index contributed by atoms with van der Waals surface area (Å²) in [6.07, 6.45) is 2.23. The first kappa shape index (κ1) is 19.8. The van der Waals surface area contributed by atoms with Crippen molar-refractivity contribution in [1.29, 1.82) is 0 Å². The number of fused-ring (bicyclic) bond motifs is 1. The molecule has 0 aliphatic carbocycles. The Kier molecular flexibility index (Phi) is 6.16. The summed E-state index contributed by atoms with van der Waals surface area (Å²) < 4.78 is 5.81. The van der Waals surface area contributed by atoms with E-state index >= 15 is 0 Å². The third-order valence-corrected chi connectivity index (χ3v) is 5.20. The molecule has 0 atom stereocenters. The summed E-state index contributed by atoms with van der Waals surface area (Å²) in [5.74, 6) is 7.51. The van der Waals surface area contributed by atoms with Gasteiger partial charge in [-0.3, -0.25) is 0 Å². The van der Waals surface area contributed by atoms with Crippen LogP contribution in [0.2, 0.25) is 0 Å². The van der Waals surface area contributed by atoms with Crippen LogP contribution in [0.5, 0.6) is 5.75 Å². The van der Waals surface area contributed by atoms with Gasteiger partial charge < -0.3 is 4.74 Å². The molecule has 1 nitrogen and oxygen atoms in total. The highest BCUT2D eigenvalue weighted by Gasteiger charge is 2.00. The lowest BCUT2D eigenvalue weighted by Crippen LogP contribution is -1.96. The predicted octanol–water partition coefficient (Wildman–Crippen LogP) is 7.39. The van der Waals surface area contributed by atoms with Crippen LogP contribution >= 0.6 is 0 Å². The predicted molar refractivity (Wildman–Crippen MR) is 127 cm³/mol. The number of ether oxygens (including phenoxy) is 1. The maximum atomic E-state index is 5.81. The van der Waals surface area contributed by atoms with Crippen molar-refractivity contribution in [3.05, 3.63) is 102 Å². The van der Waals surface area contributed by atoms with Gasteiger partial charge in [0.05, 0.1) is 6.61 Å². The fourth-order valence-corrected chi connectivity index (χ4v) is 3.36. The number of hydrogen-bond acceptors (Lipinski definition) is 1. The van der Waals surface area contributed by atoms with Gasteiger partial charge in [-0.05, 0) is 71.6 Å². The Hall–Kier alpha value is -3.50. The third-order valence-electron chi connectivity index (χ3n) is 5.20. The maximum absolute atomic E-state index is 5.81. The molecule has 4 aromatic rings. The first-order valence-corrected chi connectivity index (χ1v) is 10.6. The molecule has 0 saturated carbocycles. The average Bonchev–Trinajstić information content (AvgIpc) is 2.79. The van der Waals surface area contributed by atoms with Gasteiger partial charge in [-0.1, -0.05) is 79.3 Å². The van der Waals surface area contributed by atoms with Crippen molar-refractivity contribution >= 4 is 10.8 Å². The van der Waals surface area contributed by atoms with Crippen molar-refractivity contribution < 1.29 is 4.74 Å². The van der Waals surface area contributed by atoms with Crippen LogP contribution in [-0.4, -0.2) is 6.61 Å². The average molecular weight is 391 g/mol. The summed E-state index contributed by atoms with van der Waals surface area (Å²) in [6.45, 7) is 5.05. The highest BCUT2D eigenvalue weighted by molar-refractivity contribution is 5.85. The van der Waals surface area contributed by atoms with E-state index in [2.05, 4.69) is 105 Å².